The summed E-state index contributed by atoms with van der Waals surface area (Å²) in [5, 5.41) is 17.1. The van der Waals surface area contributed by atoms with E-state index in [0.29, 0.717) is 16.7 Å². The van der Waals surface area contributed by atoms with Crippen LogP contribution in [0.25, 0.3) is 10.8 Å². The number of carbonyl (C=O) groups excluding carboxylic acids is 2. The molecule has 0 aliphatic carbocycles. The Balaban J connectivity index is 1.73. The van der Waals surface area contributed by atoms with Gasteiger partial charge in [-0.25, -0.2) is 4.79 Å². The Labute approximate surface area is 181 Å². The smallest absolute Gasteiger partial charge is 0.322 e. The average Bonchev–Trinajstić information content (AvgIpc) is 3.18. The summed E-state index contributed by atoms with van der Waals surface area (Å²) in [5.74, 6) is 5.74. The van der Waals surface area contributed by atoms with Crippen molar-refractivity contribution < 1.29 is 19.4 Å². The lowest BCUT2D eigenvalue weighted by Gasteiger charge is -2.27. The number of benzene rings is 2. The van der Waals surface area contributed by atoms with Crippen molar-refractivity contribution in [3.8, 4) is 23.5 Å². The fraction of sp³-hybridized carbons (Fsp3) is 0.182. The maximum absolute atomic E-state index is 12.8. The van der Waals surface area contributed by atoms with E-state index < -0.39 is 17.5 Å². The van der Waals surface area contributed by atoms with E-state index in [9.17, 15) is 14.7 Å². The first-order chi connectivity index (χ1) is 14.4. The highest BCUT2D eigenvalue weighted by atomic mass is 79.9. The highest BCUT2D eigenvalue weighted by Crippen LogP contribution is 2.35. The van der Waals surface area contributed by atoms with Crippen LogP contribution in [0.4, 0.5) is 4.79 Å². The number of halogens is 1. The molecule has 2 aromatic carbocycles. The number of fused-ring (bicyclic) bond motifs is 1. The van der Waals surface area contributed by atoms with Crippen LogP contribution in [0.15, 0.2) is 53.1 Å². The maximum atomic E-state index is 12.8. The minimum Gasteiger partial charge on any atom is -0.494 e. The number of aromatic hydroxyl groups is 1. The molecule has 0 unspecified atom stereocenters. The molecule has 3 aromatic rings. The van der Waals surface area contributed by atoms with E-state index in [1.54, 1.807) is 60.2 Å². The highest BCUT2D eigenvalue weighted by molar-refractivity contribution is 9.10. The van der Waals surface area contributed by atoms with Crippen molar-refractivity contribution in [3.05, 3.63) is 58.7 Å². The number of carbonyl (C=O) groups is 2. The number of ether oxygens (including phenoxy) is 1. The molecule has 1 fully saturated rings. The summed E-state index contributed by atoms with van der Waals surface area (Å²) >= 11 is 3.38. The number of nitrogens with zero attached hydrogens (tertiary/aromatic N) is 1. The predicted molar refractivity (Wildman–Crippen MR) is 115 cm³/mol. The van der Waals surface area contributed by atoms with Gasteiger partial charge in [0.2, 0.25) is 0 Å². The number of hydrogen-bond acceptors (Lipinski definition) is 4. The summed E-state index contributed by atoms with van der Waals surface area (Å²) in [6, 6.07) is 11.8. The first-order valence-electron chi connectivity index (χ1n) is 9.17. The van der Waals surface area contributed by atoms with E-state index in [-0.39, 0.29) is 19.0 Å². The maximum Gasteiger partial charge on any atom is 0.322 e. The van der Waals surface area contributed by atoms with Gasteiger partial charge in [0.25, 0.3) is 5.91 Å². The van der Waals surface area contributed by atoms with Crippen molar-refractivity contribution in [3.63, 3.8) is 0 Å². The van der Waals surface area contributed by atoms with Gasteiger partial charge in [-0.05, 0) is 42.8 Å². The molecule has 3 amide bonds. The molecule has 8 heteroatoms. The van der Waals surface area contributed by atoms with E-state index in [4.69, 9.17) is 4.74 Å². The van der Waals surface area contributed by atoms with E-state index in [1.807, 2.05) is 0 Å². The number of rotatable bonds is 5. The van der Waals surface area contributed by atoms with Crippen LogP contribution >= 0.6 is 15.9 Å². The summed E-state index contributed by atoms with van der Waals surface area (Å²) in [4.78, 5) is 24.8. The molecule has 1 saturated heterocycles. The summed E-state index contributed by atoms with van der Waals surface area (Å²) in [7, 11) is 0. The largest absolute Gasteiger partial charge is 0.494 e. The molecule has 30 heavy (non-hydrogen) atoms. The average molecular weight is 468 g/mol. The number of amides is 3. The Morgan fingerprint density at radius 1 is 1.20 bits per heavy atom. The molecule has 0 bridgehead atoms. The Kier molecular flexibility index (Phi) is 5.14. The van der Waals surface area contributed by atoms with Gasteiger partial charge in [-0.2, -0.15) is 0 Å². The fourth-order valence-electron chi connectivity index (χ4n) is 3.52. The Morgan fingerprint density at radius 2 is 1.97 bits per heavy atom. The van der Waals surface area contributed by atoms with E-state index >= 15 is 0 Å². The molecule has 1 aliphatic rings. The molecule has 0 saturated carbocycles. The highest BCUT2D eigenvalue weighted by Gasteiger charge is 2.48. The monoisotopic (exact) mass is 467 g/mol. The van der Waals surface area contributed by atoms with Crippen LogP contribution in [-0.4, -0.2) is 28.2 Å². The first-order valence-corrected chi connectivity index (χ1v) is 9.96. The summed E-state index contributed by atoms with van der Waals surface area (Å²) in [6.45, 7) is 2.03. The third kappa shape index (κ3) is 3.48. The van der Waals surface area contributed by atoms with Crippen molar-refractivity contribution in [2.24, 2.45) is 0 Å². The van der Waals surface area contributed by atoms with Gasteiger partial charge in [-0.1, -0.05) is 34.0 Å². The fourth-order valence-corrected chi connectivity index (χ4v) is 3.79. The summed E-state index contributed by atoms with van der Waals surface area (Å²) in [5.41, 5.74) is -0.742. The van der Waals surface area contributed by atoms with Gasteiger partial charge in [0.15, 0.2) is 11.4 Å². The SMILES string of the molecule is CC#CCOc1ccc2c(O)n(C[C@@]3(c4ccc(Br)cc4)NC(=O)NC3=O)cc2c1. The second kappa shape index (κ2) is 7.76. The lowest BCUT2D eigenvalue weighted by atomic mass is 9.90. The topological polar surface area (TPSA) is 92.6 Å². The molecule has 3 N–H and O–H groups in total. The number of imide groups is 1. The van der Waals surface area contributed by atoms with Gasteiger partial charge in [0.05, 0.1) is 6.54 Å². The third-order valence-electron chi connectivity index (χ3n) is 5.00. The van der Waals surface area contributed by atoms with Crippen molar-refractivity contribution in [1.29, 1.82) is 0 Å². The molecular weight excluding hydrogens is 450 g/mol. The molecule has 1 atom stereocenters. The van der Waals surface area contributed by atoms with Crippen LogP contribution < -0.4 is 15.4 Å². The van der Waals surface area contributed by atoms with Crippen molar-refractivity contribution in [2.75, 3.05) is 6.61 Å². The van der Waals surface area contributed by atoms with E-state index in [1.165, 1.54) is 0 Å². The summed E-state index contributed by atoms with van der Waals surface area (Å²) < 4.78 is 7.98. The van der Waals surface area contributed by atoms with Gasteiger partial charge >= 0.3 is 6.03 Å². The summed E-state index contributed by atoms with van der Waals surface area (Å²) in [6.07, 6.45) is 1.72. The number of urea groups is 1. The quantitative estimate of drug-likeness (QED) is 0.396. The normalized spacial score (nSPS) is 17.9. The van der Waals surface area contributed by atoms with E-state index in [2.05, 4.69) is 38.4 Å². The predicted octanol–water partition coefficient (Wildman–Crippen LogP) is 3.25. The molecule has 4 rings (SSSR count). The zero-order valence-corrected chi connectivity index (χ0v) is 17.6. The van der Waals surface area contributed by atoms with E-state index in [0.717, 1.165) is 9.86 Å². The van der Waals surface area contributed by atoms with Crippen LogP contribution in [0.3, 0.4) is 0 Å². The van der Waals surface area contributed by atoms with Gasteiger partial charge in [-0.3, -0.25) is 10.1 Å². The zero-order chi connectivity index (χ0) is 21.3. The molecule has 1 aliphatic heterocycles. The second-order valence-corrected chi connectivity index (χ2v) is 7.78. The van der Waals surface area contributed by atoms with Gasteiger partial charge in [0, 0.05) is 21.4 Å². The molecule has 2 heterocycles. The van der Waals surface area contributed by atoms with Crippen LogP contribution in [0.1, 0.15) is 12.5 Å². The van der Waals surface area contributed by atoms with Crippen LogP contribution in [0.5, 0.6) is 11.6 Å². The number of hydrogen-bond donors (Lipinski definition) is 3. The first kappa shape index (κ1) is 19.9. The molecular formula is C22H18BrN3O4. The third-order valence-corrected chi connectivity index (χ3v) is 5.53. The van der Waals surface area contributed by atoms with Gasteiger partial charge in [-0.15, -0.1) is 5.92 Å². The van der Waals surface area contributed by atoms with Crippen LogP contribution in [0, 0.1) is 11.8 Å². The Morgan fingerprint density at radius 3 is 2.63 bits per heavy atom. The molecule has 1 aromatic heterocycles. The number of nitrogens with one attached hydrogen (secondary N) is 2. The van der Waals surface area contributed by atoms with Gasteiger partial charge in [0.1, 0.15) is 12.4 Å². The van der Waals surface area contributed by atoms with Crippen molar-refractivity contribution in [2.45, 2.75) is 19.0 Å². The number of aromatic nitrogens is 1. The zero-order valence-electron chi connectivity index (χ0n) is 16.0. The van der Waals surface area contributed by atoms with Crippen LogP contribution in [0.2, 0.25) is 0 Å². The molecule has 0 spiro atoms. The lowest BCUT2D eigenvalue weighted by molar-refractivity contribution is -0.124. The minimum absolute atomic E-state index is 0.00432. The molecule has 0 radical (unpaired) electrons. The molecule has 152 valence electrons. The standard InChI is InChI=1S/C22H18BrN3O4/c1-2-3-10-30-17-8-9-18-14(11-17)12-26(19(18)27)13-22(20(28)24-21(29)25-22)15-4-6-16(23)7-5-15/h4-9,11-12,27H,10,13H2,1H3,(H2,24,25,28,29)/t22-/m0/s1. The molecule has 7 nitrogen and oxygen atoms in total. The lowest BCUT2D eigenvalue weighted by Crippen LogP contribution is -2.47. The van der Waals surface area contributed by atoms with Crippen LogP contribution in [-0.2, 0) is 16.9 Å². The van der Waals surface area contributed by atoms with Crippen molar-refractivity contribution in [1.82, 2.24) is 15.2 Å². The Bertz CT molecular complexity index is 1210. The van der Waals surface area contributed by atoms with Crippen molar-refractivity contribution >= 4 is 38.6 Å². The second-order valence-electron chi connectivity index (χ2n) is 6.87. The minimum atomic E-state index is -1.35. The Hall–Kier alpha value is -3.44. The van der Waals surface area contributed by atoms with Gasteiger partial charge < -0.3 is 19.7 Å².